The fourth-order valence-electron chi connectivity index (χ4n) is 4.31. The van der Waals surface area contributed by atoms with Crippen LogP contribution in [0.4, 0.5) is 15.2 Å². The van der Waals surface area contributed by atoms with Crippen molar-refractivity contribution in [2.75, 3.05) is 42.5 Å². The van der Waals surface area contributed by atoms with Crippen LogP contribution in [0.15, 0.2) is 54.6 Å². The predicted molar refractivity (Wildman–Crippen MR) is 120 cm³/mol. The predicted octanol–water partition coefficient (Wildman–Crippen LogP) is 3.20. The molecule has 8 heteroatoms. The number of piperazine rings is 1. The Morgan fingerprint density at radius 2 is 1.68 bits per heavy atom. The molecule has 1 atom stereocenters. The average molecular weight is 438 g/mol. The number of aromatic nitrogens is 2. The second-order valence-corrected chi connectivity index (χ2v) is 8.98. The molecule has 160 valence electrons. The number of carbonyl (C=O) groups is 1. The molecule has 1 amide bonds. The van der Waals surface area contributed by atoms with E-state index in [2.05, 4.69) is 20.0 Å². The van der Waals surface area contributed by atoms with E-state index in [1.165, 1.54) is 12.1 Å². The van der Waals surface area contributed by atoms with Crippen LogP contribution in [0.1, 0.15) is 17.0 Å². The van der Waals surface area contributed by atoms with Crippen molar-refractivity contribution in [2.45, 2.75) is 18.9 Å². The molecule has 2 aromatic carbocycles. The Hall–Kier alpha value is -2.84. The quantitative estimate of drug-likeness (QED) is 0.614. The molecule has 0 bridgehead atoms. The number of halogens is 1. The first kappa shape index (κ1) is 20.1. The second-order valence-electron chi connectivity index (χ2n) is 7.93. The van der Waals surface area contributed by atoms with Gasteiger partial charge in [-0.25, -0.2) is 4.39 Å². The van der Waals surface area contributed by atoms with E-state index in [1.807, 2.05) is 35.2 Å². The minimum absolute atomic E-state index is 0.0363. The van der Waals surface area contributed by atoms with Gasteiger partial charge in [0.2, 0.25) is 11.0 Å². The number of amides is 1. The van der Waals surface area contributed by atoms with Gasteiger partial charge in [0.25, 0.3) is 0 Å². The van der Waals surface area contributed by atoms with Gasteiger partial charge in [0.1, 0.15) is 10.8 Å². The van der Waals surface area contributed by atoms with Crippen molar-refractivity contribution in [2.24, 2.45) is 0 Å². The summed E-state index contributed by atoms with van der Waals surface area (Å²) in [4.78, 5) is 19.4. The van der Waals surface area contributed by atoms with Crippen molar-refractivity contribution in [1.82, 2.24) is 15.1 Å². The van der Waals surface area contributed by atoms with Crippen LogP contribution < -0.4 is 9.80 Å². The standard InChI is InChI=1S/C23H24FN5OS/c24-18-8-6-17(7-9-18)16-21-25-26-23(31-21)28-14-12-27(13-15-28)20-10-11-29(22(20)30)19-4-2-1-3-5-19/h1-9,20H,10-16H2. The van der Waals surface area contributed by atoms with E-state index in [9.17, 15) is 9.18 Å². The topological polar surface area (TPSA) is 52.6 Å². The van der Waals surface area contributed by atoms with Gasteiger partial charge in [-0.15, -0.1) is 10.2 Å². The zero-order valence-corrected chi connectivity index (χ0v) is 18.0. The van der Waals surface area contributed by atoms with Gasteiger partial charge in [0, 0.05) is 44.8 Å². The SMILES string of the molecule is O=C1C(N2CCN(c3nnc(Cc4ccc(F)cc4)s3)CC2)CCN1c1ccccc1. The van der Waals surface area contributed by atoms with Crippen LogP contribution in [-0.2, 0) is 11.2 Å². The Kier molecular flexibility index (Phi) is 5.65. The highest BCUT2D eigenvalue weighted by molar-refractivity contribution is 7.15. The zero-order valence-electron chi connectivity index (χ0n) is 17.2. The number of anilines is 2. The third-order valence-corrected chi connectivity index (χ3v) is 6.98. The molecule has 0 spiro atoms. The number of nitrogens with zero attached hydrogens (tertiary/aromatic N) is 5. The number of carbonyl (C=O) groups excluding carboxylic acids is 1. The van der Waals surface area contributed by atoms with Crippen LogP contribution >= 0.6 is 11.3 Å². The smallest absolute Gasteiger partial charge is 0.244 e. The van der Waals surface area contributed by atoms with E-state index in [0.29, 0.717) is 6.42 Å². The van der Waals surface area contributed by atoms with E-state index < -0.39 is 0 Å². The molecule has 3 heterocycles. The Balaban J connectivity index is 1.17. The van der Waals surface area contributed by atoms with Gasteiger partial charge in [-0.05, 0) is 36.2 Å². The molecule has 3 aromatic rings. The van der Waals surface area contributed by atoms with Crippen molar-refractivity contribution >= 4 is 28.1 Å². The van der Waals surface area contributed by atoms with E-state index in [4.69, 9.17) is 0 Å². The van der Waals surface area contributed by atoms with Crippen molar-refractivity contribution in [1.29, 1.82) is 0 Å². The molecular weight excluding hydrogens is 413 g/mol. The highest BCUT2D eigenvalue weighted by Gasteiger charge is 2.38. The highest BCUT2D eigenvalue weighted by atomic mass is 32.1. The molecule has 2 saturated heterocycles. The van der Waals surface area contributed by atoms with E-state index >= 15 is 0 Å². The number of para-hydroxylation sites is 1. The van der Waals surface area contributed by atoms with Crippen molar-refractivity contribution in [3.05, 3.63) is 71.0 Å². The number of benzene rings is 2. The van der Waals surface area contributed by atoms with E-state index in [0.717, 1.165) is 60.5 Å². The summed E-state index contributed by atoms with van der Waals surface area (Å²) in [5, 5.41) is 10.5. The third kappa shape index (κ3) is 4.31. The molecule has 0 aliphatic carbocycles. The molecule has 1 unspecified atom stereocenters. The van der Waals surface area contributed by atoms with Gasteiger partial charge >= 0.3 is 0 Å². The first-order chi connectivity index (χ1) is 15.2. The number of hydrogen-bond donors (Lipinski definition) is 0. The van der Waals surface area contributed by atoms with Gasteiger partial charge < -0.3 is 9.80 Å². The van der Waals surface area contributed by atoms with Gasteiger partial charge in [0.15, 0.2) is 0 Å². The summed E-state index contributed by atoms with van der Waals surface area (Å²) in [7, 11) is 0. The maximum absolute atomic E-state index is 13.1. The Morgan fingerprint density at radius 3 is 2.42 bits per heavy atom. The molecule has 0 N–H and O–H groups in total. The van der Waals surface area contributed by atoms with Crippen LogP contribution in [0.5, 0.6) is 0 Å². The molecular formula is C23H24FN5OS. The summed E-state index contributed by atoms with van der Waals surface area (Å²) in [6.07, 6.45) is 1.53. The summed E-state index contributed by atoms with van der Waals surface area (Å²) in [5.41, 5.74) is 2.01. The monoisotopic (exact) mass is 437 g/mol. The number of hydrogen-bond acceptors (Lipinski definition) is 6. The molecule has 31 heavy (non-hydrogen) atoms. The molecule has 2 aliphatic heterocycles. The summed E-state index contributed by atoms with van der Waals surface area (Å²) in [5.74, 6) is -0.0237. The maximum atomic E-state index is 13.1. The van der Waals surface area contributed by atoms with Crippen LogP contribution in [0.2, 0.25) is 0 Å². The Morgan fingerprint density at radius 1 is 0.935 bits per heavy atom. The zero-order chi connectivity index (χ0) is 21.2. The first-order valence-corrected chi connectivity index (χ1v) is 11.4. The van der Waals surface area contributed by atoms with Crippen molar-refractivity contribution in [3.8, 4) is 0 Å². The molecule has 5 rings (SSSR count). The van der Waals surface area contributed by atoms with Crippen molar-refractivity contribution < 1.29 is 9.18 Å². The second kappa shape index (κ2) is 8.72. The molecule has 2 fully saturated rings. The third-order valence-electron chi connectivity index (χ3n) is 6.00. The fraction of sp³-hybridized carbons (Fsp3) is 0.348. The molecule has 6 nitrogen and oxygen atoms in total. The summed E-state index contributed by atoms with van der Waals surface area (Å²) >= 11 is 1.59. The maximum Gasteiger partial charge on any atom is 0.244 e. The lowest BCUT2D eigenvalue weighted by Crippen LogP contribution is -2.52. The molecule has 0 saturated carbocycles. The Bertz CT molecular complexity index is 1030. The minimum Gasteiger partial charge on any atom is -0.344 e. The van der Waals surface area contributed by atoms with Crippen LogP contribution in [0.3, 0.4) is 0 Å². The molecule has 0 radical (unpaired) electrons. The van der Waals surface area contributed by atoms with Crippen LogP contribution in [-0.4, -0.2) is 59.8 Å². The molecule has 1 aromatic heterocycles. The number of rotatable bonds is 5. The van der Waals surface area contributed by atoms with Gasteiger partial charge in [0.05, 0.1) is 6.04 Å². The lowest BCUT2D eigenvalue weighted by molar-refractivity contribution is -0.121. The summed E-state index contributed by atoms with van der Waals surface area (Å²) in [6.45, 7) is 4.12. The first-order valence-electron chi connectivity index (χ1n) is 10.6. The van der Waals surface area contributed by atoms with E-state index in [-0.39, 0.29) is 17.8 Å². The van der Waals surface area contributed by atoms with E-state index in [1.54, 1.807) is 23.5 Å². The lowest BCUT2D eigenvalue weighted by Gasteiger charge is -2.36. The average Bonchev–Trinajstić information content (AvgIpc) is 3.43. The summed E-state index contributed by atoms with van der Waals surface area (Å²) < 4.78 is 13.1. The summed E-state index contributed by atoms with van der Waals surface area (Å²) in [6, 6.07) is 16.4. The Labute approximate surface area is 184 Å². The largest absolute Gasteiger partial charge is 0.344 e. The van der Waals surface area contributed by atoms with Crippen LogP contribution in [0.25, 0.3) is 0 Å². The van der Waals surface area contributed by atoms with Crippen molar-refractivity contribution in [3.63, 3.8) is 0 Å². The van der Waals surface area contributed by atoms with Gasteiger partial charge in [-0.1, -0.05) is 41.7 Å². The minimum atomic E-state index is -0.229. The normalized spacial score (nSPS) is 19.9. The fourth-order valence-corrected chi connectivity index (χ4v) is 5.24. The van der Waals surface area contributed by atoms with Crippen LogP contribution in [0, 0.1) is 5.82 Å². The molecule has 2 aliphatic rings. The van der Waals surface area contributed by atoms with Gasteiger partial charge in [-0.2, -0.15) is 0 Å². The highest BCUT2D eigenvalue weighted by Crippen LogP contribution is 2.27. The van der Waals surface area contributed by atoms with Gasteiger partial charge in [-0.3, -0.25) is 9.69 Å². The lowest BCUT2D eigenvalue weighted by atomic mass is 10.2.